The first-order chi connectivity index (χ1) is 6.56. The zero-order chi connectivity index (χ0) is 10.6. The fraction of sp³-hybridized carbons (Fsp3) is 0.375. The molecule has 6 heteroatoms. The minimum atomic E-state index is -3.29. The van der Waals surface area contributed by atoms with Crippen molar-refractivity contribution in [3.63, 3.8) is 0 Å². The molecule has 0 aliphatic carbocycles. The van der Waals surface area contributed by atoms with Gasteiger partial charge in [0.25, 0.3) is 0 Å². The Bertz CT molecular complexity index is 388. The topological polar surface area (TPSA) is 73.1 Å². The Morgan fingerprint density at radius 1 is 1.43 bits per heavy atom. The van der Waals surface area contributed by atoms with Gasteiger partial charge in [0.15, 0.2) is 14.9 Å². The van der Waals surface area contributed by atoms with Gasteiger partial charge in [-0.1, -0.05) is 11.6 Å². The van der Waals surface area contributed by atoms with E-state index in [2.05, 4.69) is 4.98 Å². The predicted molar refractivity (Wildman–Crippen MR) is 55.0 cm³/mol. The van der Waals surface area contributed by atoms with E-state index >= 15 is 0 Å². The lowest BCUT2D eigenvalue weighted by Gasteiger charge is -2.01. The maximum absolute atomic E-state index is 11.5. The molecule has 0 unspecified atom stereocenters. The summed E-state index contributed by atoms with van der Waals surface area (Å²) < 4.78 is 23.1. The zero-order valence-electron chi connectivity index (χ0n) is 7.48. The number of hydrogen-bond acceptors (Lipinski definition) is 4. The lowest BCUT2D eigenvalue weighted by atomic mass is 10.5. The Balaban J connectivity index is 2.87. The molecular weight excluding hydrogens is 224 g/mol. The van der Waals surface area contributed by atoms with Crippen LogP contribution in [0.25, 0.3) is 0 Å². The molecule has 2 N–H and O–H groups in total. The second-order valence-electron chi connectivity index (χ2n) is 2.78. The van der Waals surface area contributed by atoms with Crippen LogP contribution in [0.15, 0.2) is 23.4 Å². The molecule has 0 atom stereocenters. The lowest BCUT2D eigenvalue weighted by Crippen LogP contribution is -2.12. The van der Waals surface area contributed by atoms with Crippen molar-refractivity contribution in [3.05, 3.63) is 23.4 Å². The molecule has 0 amide bonds. The van der Waals surface area contributed by atoms with Crippen molar-refractivity contribution in [1.82, 2.24) is 4.98 Å². The number of pyridine rings is 1. The molecule has 0 saturated heterocycles. The van der Waals surface area contributed by atoms with E-state index in [1.807, 2.05) is 0 Å². The van der Waals surface area contributed by atoms with Crippen LogP contribution in [0, 0.1) is 0 Å². The monoisotopic (exact) mass is 234 g/mol. The summed E-state index contributed by atoms with van der Waals surface area (Å²) in [7, 11) is -3.29. The molecule has 1 aromatic rings. The standard InChI is InChI=1S/C8H11ClN2O2S/c9-7-2-3-8(11-6-7)14(12,13)5-1-4-10/h2-3,6H,1,4-5,10H2. The molecule has 1 aromatic heterocycles. The number of rotatable bonds is 4. The summed E-state index contributed by atoms with van der Waals surface area (Å²) in [6, 6.07) is 2.90. The third-order valence-electron chi connectivity index (χ3n) is 1.64. The van der Waals surface area contributed by atoms with Gasteiger partial charge in [0.05, 0.1) is 10.8 Å². The number of nitrogens with two attached hydrogens (primary N) is 1. The van der Waals surface area contributed by atoms with Gasteiger partial charge in [-0.15, -0.1) is 0 Å². The highest BCUT2D eigenvalue weighted by molar-refractivity contribution is 7.91. The maximum Gasteiger partial charge on any atom is 0.195 e. The van der Waals surface area contributed by atoms with Gasteiger partial charge < -0.3 is 5.73 Å². The molecule has 78 valence electrons. The SMILES string of the molecule is NCCCS(=O)(=O)c1ccc(Cl)cn1. The van der Waals surface area contributed by atoms with E-state index in [9.17, 15) is 8.42 Å². The van der Waals surface area contributed by atoms with Crippen molar-refractivity contribution in [2.75, 3.05) is 12.3 Å². The summed E-state index contributed by atoms with van der Waals surface area (Å²) in [4.78, 5) is 3.74. The minimum Gasteiger partial charge on any atom is -0.330 e. The molecule has 0 spiro atoms. The fourth-order valence-electron chi connectivity index (χ4n) is 0.924. The number of sulfone groups is 1. The van der Waals surface area contributed by atoms with E-state index < -0.39 is 9.84 Å². The molecule has 0 fully saturated rings. The van der Waals surface area contributed by atoms with Crippen LogP contribution in [-0.2, 0) is 9.84 Å². The first-order valence-electron chi connectivity index (χ1n) is 4.10. The third kappa shape index (κ3) is 2.94. The minimum absolute atomic E-state index is 0.0259. The van der Waals surface area contributed by atoms with E-state index in [1.54, 1.807) is 0 Å². The summed E-state index contributed by atoms with van der Waals surface area (Å²) in [5.41, 5.74) is 5.23. The van der Waals surface area contributed by atoms with Crippen molar-refractivity contribution < 1.29 is 8.42 Å². The van der Waals surface area contributed by atoms with Crippen LogP contribution in [0.4, 0.5) is 0 Å². The lowest BCUT2D eigenvalue weighted by molar-refractivity contribution is 0.590. The highest BCUT2D eigenvalue weighted by atomic mass is 35.5. The van der Waals surface area contributed by atoms with E-state index in [-0.39, 0.29) is 10.8 Å². The van der Waals surface area contributed by atoms with E-state index in [0.29, 0.717) is 18.0 Å². The second-order valence-corrected chi connectivity index (χ2v) is 5.27. The quantitative estimate of drug-likeness (QED) is 0.839. The van der Waals surface area contributed by atoms with E-state index in [0.717, 1.165) is 0 Å². The maximum atomic E-state index is 11.5. The molecular formula is C8H11ClN2O2S. The Kier molecular flexibility index (Phi) is 3.86. The molecule has 0 aliphatic rings. The van der Waals surface area contributed by atoms with Crippen molar-refractivity contribution in [3.8, 4) is 0 Å². The van der Waals surface area contributed by atoms with Crippen molar-refractivity contribution in [1.29, 1.82) is 0 Å². The molecule has 0 aromatic carbocycles. The summed E-state index contributed by atoms with van der Waals surface area (Å²) in [6.07, 6.45) is 1.75. The van der Waals surface area contributed by atoms with E-state index in [1.165, 1.54) is 18.3 Å². The van der Waals surface area contributed by atoms with Gasteiger partial charge in [0.1, 0.15) is 0 Å². The van der Waals surface area contributed by atoms with Crippen LogP contribution in [0.5, 0.6) is 0 Å². The van der Waals surface area contributed by atoms with Gasteiger partial charge in [-0.05, 0) is 25.1 Å². The molecule has 0 saturated carbocycles. The van der Waals surface area contributed by atoms with Crippen LogP contribution in [-0.4, -0.2) is 25.7 Å². The van der Waals surface area contributed by atoms with Gasteiger partial charge in [0.2, 0.25) is 0 Å². The van der Waals surface area contributed by atoms with Gasteiger partial charge in [-0.2, -0.15) is 0 Å². The molecule has 1 heterocycles. The van der Waals surface area contributed by atoms with E-state index in [4.69, 9.17) is 17.3 Å². The van der Waals surface area contributed by atoms with Crippen molar-refractivity contribution in [2.45, 2.75) is 11.4 Å². The second kappa shape index (κ2) is 4.72. The smallest absolute Gasteiger partial charge is 0.195 e. The largest absolute Gasteiger partial charge is 0.330 e. The average molecular weight is 235 g/mol. The Hall–Kier alpha value is -0.650. The normalized spacial score (nSPS) is 11.6. The number of aromatic nitrogens is 1. The zero-order valence-corrected chi connectivity index (χ0v) is 9.05. The molecule has 0 radical (unpaired) electrons. The fourth-order valence-corrected chi connectivity index (χ4v) is 2.28. The molecule has 0 aliphatic heterocycles. The Labute approximate surface area is 88.0 Å². The van der Waals surface area contributed by atoms with Crippen LogP contribution in [0.1, 0.15) is 6.42 Å². The van der Waals surface area contributed by atoms with Gasteiger partial charge in [-0.3, -0.25) is 0 Å². The summed E-state index contributed by atoms with van der Waals surface area (Å²) in [6.45, 7) is 0.354. The predicted octanol–water partition coefficient (Wildman–Crippen LogP) is 0.858. The summed E-state index contributed by atoms with van der Waals surface area (Å²) >= 11 is 5.59. The summed E-state index contributed by atoms with van der Waals surface area (Å²) in [5.74, 6) is 0.0259. The third-order valence-corrected chi connectivity index (χ3v) is 3.56. The number of nitrogens with zero attached hydrogens (tertiary/aromatic N) is 1. The Morgan fingerprint density at radius 3 is 2.64 bits per heavy atom. The first kappa shape index (κ1) is 11.4. The molecule has 1 rings (SSSR count). The van der Waals surface area contributed by atoms with Crippen LogP contribution >= 0.6 is 11.6 Å². The van der Waals surface area contributed by atoms with Crippen molar-refractivity contribution in [2.24, 2.45) is 5.73 Å². The van der Waals surface area contributed by atoms with Crippen molar-refractivity contribution >= 4 is 21.4 Å². The highest BCUT2D eigenvalue weighted by Gasteiger charge is 2.14. The molecule has 14 heavy (non-hydrogen) atoms. The first-order valence-corrected chi connectivity index (χ1v) is 6.13. The average Bonchev–Trinajstić information content (AvgIpc) is 2.16. The van der Waals surface area contributed by atoms with Crippen LogP contribution in [0.2, 0.25) is 5.02 Å². The highest BCUT2D eigenvalue weighted by Crippen LogP contribution is 2.12. The molecule has 0 bridgehead atoms. The number of hydrogen-bond donors (Lipinski definition) is 1. The van der Waals surface area contributed by atoms with Crippen LogP contribution < -0.4 is 5.73 Å². The Morgan fingerprint density at radius 2 is 2.14 bits per heavy atom. The number of halogens is 1. The molecule has 4 nitrogen and oxygen atoms in total. The van der Waals surface area contributed by atoms with Crippen LogP contribution in [0.3, 0.4) is 0 Å². The van der Waals surface area contributed by atoms with Gasteiger partial charge >= 0.3 is 0 Å². The van der Waals surface area contributed by atoms with Gasteiger partial charge in [0, 0.05) is 6.20 Å². The van der Waals surface area contributed by atoms with Gasteiger partial charge in [-0.25, -0.2) is 13.4 Å². The summed E-state index contributed by atoms with van der Waals surface area (Å²) in [5, 5.41) is 0.470.